The van der Waals surface area contributed by atoms with E-state index in [0.29, 0.717) is 6.42 Å². The van der Waals surface area contributed by atoms with Gasteiger partial charge in [-0.1, -0.05) is 6.92 Å². The van der Waals surface area contributed by atoms with Gasteiger partial charge < -0.3 is 14.9 Å². The van der Waals surface area contributed by atoms with Crippen molar-refractivity contribution in [1.82, 2.24) is 0 Å². The van der Waals surface area contributed by atoms with E-state index in [4.69, 9.17) is 4.74 Å². The third-order valence-electron chi connectivity index (χ3n) is 5.68. The molecule has 0 aromatic heterocycles. The Morgan fingerprint density at radius 3 is 2.68 bits per heavy atom. The standard InChI is InChI=1S/C15H22O4/c1-8-10(16)4-5-14(3)6-7-15(18)9(2)13(17)19-12(15)11(8)14/h9-10,12,16,18H,4-7H2,1-3H3. The maximum atomic E-state index is 11.8. The Morgan fingerprint density at radius 1 is 1.32 bits per heavy atom. The highest BCUT2D eigenvalue weighted by atomic mass is 16.6. The Labute approximate surface area is 113 Å². The number of hydrogen-bond donors (Lipinski definition) is 2. The predicted molar refractivity (Wildman–Crippen MR) is 69.3 cm³/mol. The molecule has 1 heterocycles. The summed E-state index contributed by atoms with van der Waals surface area (Å²) in [6, 6.07) is 0. The summed E-state index contributed by atoms with van der Waals surface area (Å²) in [6.07, 6.45) is 2.04. The third-order valence-corrected chi connectivity index (χ3v) is 5.68. The Bertz CT molecular complexity index is 469. The average Bonchev–Trinajstić information content (AvgIpc) is 2.59. The van der Waals surface area contributed by atoms with Crippen molar-refractivity contribution in [2.75, 3.05) is 0 Å². The zero-order chi connectivity index (χ0) is 14.0. The number of fused-ring (bicyclic) bond motifs is 3. The number of esters is 1. The second-order valence-electron chi connectivity index (χ2n) is 6.74. The lowest BCUT2D eigenvalue weighted by Crippen LogP contribution is -2.53. The van der Waals surface area contributed by atoms with Crippen LogP contribution in [0.25, 0.3) is 0 Å². The molecule has 106 valence electrons. The van der Waals surface area contributed by atoms with E-state index < -0.39 is 23.7 Å². The first-order valence-electron chi connectivity index (χ1n) is 7.12. The average molecular weight is 266 g/mol. The minimum atomic E-state index is -1.09. The molecule has 0 bridgehead atoms. The van der Waals surface area contributed by atoms with Crippen molar-refractivity contribution in [2.45, 2.75) is 64.3 Å². The second-order valence-corrected chi connectivity index (χ2v) is 6.74. The minimum absolute atomic E-state index is 0.0510. The van der Waals surface area contributed by atoms with E-state index in [0.717, 1.165) is 30.4 Å². The van der Waals surface area contributed by atoms with Gasteiger partial charge in [0, 0.05) is 0 Å². The predicted octanol–water partition coefficient (Wildman–Crippen LogP) is 1.55. The molecule has 4 heteroatoms. The second kappa shape index (κ2) is 3.83. The number of rotatable bonds is 0. The van der Waals surface area contributed by atoms with Gasteiger partial charge in [0.25, 0.3) is 0 Å². The first-order valence-corrected chi connectivity index (χ1v) is 7.12. The van der Waals surface area contributed by atoms with Crippen molar-refractivity contribution < 1.29 is 19.7 Å². The normalized spacial score (nSPS) is 49.7. The highest BCUT2D eigenvalue weighted by Crippen LogP contribution is 2.56. The van der Waals surface area contributed by atoms with E-state index in [2.05, 4.69) is 6.92 Å². The summed E-state index contributed by atoms with van der Waals surface area (Å²) in [5.74, 6) is -0.807. The van der Waals surface area contributed by atoms with Gasteiger partial charge in [-0.2, -0.15) is 0 Å². The molecule has 3 rings (SSSR count). The lowest BCUT2D eigenvalue weighted by atomic mass is 9.57. The Hall–Kier alpha value is -0.870. The fourth-order valence-corrected chi connectivity index (χ4v) is 4.13. The summed E-state index contributed by atoms with van der Waals surface area (Å²) in [6.45, 7) is 5.80. The van der Waals surface area contributed by atoms with Crippen molar-refractivity contribution in [3.63, 3.8) is 0 Å². The molecular weight excluding hydrogens is 244 g/mol. The third kappa shape index (κ3) is 1.56. The number of ether oxygens (including phenoxy) is 1. The molecular formula is C15H22O4. The quantitative estimate of drug-likeness (QED) is 0.515. The van der Waals surface area contributed by atoms with Gasteiger partial charge in [0.1, 0.15) is 5.60 Å². The van der Waals surface area contributed by atoms with E-state index in [9.17, 15) is 15.0 Å². The summed E-state index contributed by atoms with van der Waals surface area (Å²) in [5.41, 5.74) is 0.714. The summed E-state index contributed by atoms with van der Waals surface area (Å²) in [5, 5.41) is 20.9. The first-order chi connectivity index (χ1) is 8.79. The van der Waals surface area contributed by atoms with Crippen LogP contribution < -0.4 is 0 Å². The molecule has 3 aliphatic rings. The number of aliphatic hydroxyl groups is 2. The molecule has 5 atom stereocenters. The molecule has 5 unspecified atom stereocenters. The molecule has 0 spiro atoms. The number of hydrogen-bond acceptors (Lipinski definition) is 4. The smallest absolute Gasteiger partial charge is 0.312 e. The van der Waals surface area contributed by atoms with Crippen molar-refractivity contribution in [1.29, 1.82) is 0 Å². The zero-order valence-electron chi connectivity index (χ0n) is 11.8. The SMILES string of the molecule is CC1=C2C3OC(=O)C(C)C3(O)CCC2(C)CCC1O. The van der Waals surface area contributed by atoms with Crippen LogP contribution in [0.3, 0.4) is 0 Å². The van der Waals surface area contributed by atoms with E-state index in [1.54, 1.807) is 6.92 Å². The fourth-order valence-electron chi connectivity index (χ4n) is 4.13. The molecule has 2 fully saturated rings. The lowest BCUT2D eigenvalue weighted by Gasteiger charge is -2.50. The van der Waals surface area contributed by atoms with Gasteiger partial charge in [-0.25, -0.2) is 0 Å². The first kappa shape index (κ1) is 13.1. The van der Waals surface area contributed by atoms with E-state index >= 15 is 0 Å². The van der Waals surface area contributed by atoms with Crippen LogP contribution in [0.2, 0.25) is 0 Å². The lowest BCUT2D eigenvalue weighted by molar-refractivity contribution is -0.143. The van der Waals surface area contributed by atoms with Gasteiger partial charge in [-0.15, -0.1) is 0 Å². The Morgan fingerprint density at radius 2 is 2.00 bits per heavy atom. The number of aliphatic hydroxyl groups excluding tert-OH is 1. The molecule has 1 saturated carbocycles. The molecule has 19 heavy (non-hydrogen) atoms. The van der Waals surface area contributed by atoms with Gasteiger partial charge in [-0.3, -0.25) is 4.79 Å². The fraction of sp³-hybridized carbons (Fsp3) is 0.800. The molecule has 4 nitrogen and oxygen atoms in total. The molecule has 2 N–H and O–H groups in total. The van der Waals surface area contributed by atoms with Crippen molar-refractivity contribution >= 4 is 5.97 Å². The zero-order valence-corrected chi connectivity index (χ0v) is 11.8. The maximum Gasteiger partial charge on any atom is 0.312 e. The molecule has 0 aromatic carbocycles. The van der Waals surface area contributed by atoms with Gasteiger partial charge >= 0.3 is 5.97 Å². The van der Waals surface area contributed by atoms with Gasteiger partial charge in [-0.05, 0) is 56.1 Å². The molecule has 1 aliphatic heterocycles. The van der Waals surface area contributed by atoms with E-state index in [-0.39, 0.29) is 11.4 Å². The van der Waals surface area contributed by atoms with Crippen LogP contribution in [0.4, 0.5) is 0 Å². The summed E-state index contributed by atoms with van der Waals surface area (Å²) >= 11 is 0. The highest BCUT2D eigenvalue weighted by molar-refractivity contribution is 5.77. The van der Waals surface area contributed by atoms with Crippen molar-refractivity contribution in [3.05, 3.63) is 11.1 Å². The van der Waals surface area contributed by atoms with Gasteiger partial charge in [0.05, 0.1) is 12.0 Å². The molecule has 2 aliphatic carbocycles. The van der Waals surface area contributed by atoms with Crippen molar-refractivity contribution in [2.24, 2.45) is 11.3 Å². The minimum Gasteiger partial charge on any atom is -0.454 e. The summed E-state index contributed by atoms with van der Waals surface area (Å²) in [7, 11) is 0. The Balaban J connectivity index is 2.12. The number of carbonyl (C=O) groups is 1. The van der Waals surface area contributed by atoms with Gasteiger partial charge in [0.15, 0.2) is 6.10 Å². The van der Waals surface area contributed by atoms with Crippen LogP contribution in [-0.2, 0) is 9.53 Å². The van der Waals surface area contributed by atoms with Crippen LogP contribution in [0.5, 0.6) is 0 Å². The maximum absolute atomic E-state index is 11.8. The van der Waals surface area contributed by atoms with E-state index in [1.807, 2.05) is 6.92 Å². The van der Waals surface area contributed by atoms with Crippen LogP contribution in [0.1, 0.15) is 46.5 Å². The summed E-state index contributed by atoms with van der Waals surface area (Å²) in [4.78, 5) is 11.8. The molecule has 0 radical (unpaired) electrons. The van der Waals surface area contributed by atoms with E-state index in [1.165, 1.54) is 0 Å². The largest absolute Gasteiger partial charge is 0.454 e. The van der Waals surface area contributed by atoms with Gasteiger partial charge in [0.2, 0.25) is 0 Å². The van der Waals surface area contributed by atoms with Crippen LogP contribution in [-0.4, -0.2) is 34.0 Å². The Kier molecular flexibility index (Phi) is 2.64. The monoisotopic (exact) mass is 266 g/mol. The number of carbonyl (C=O) groups excluding carboxylic acids is 1. The molecule has 0 amide bonds. The molecule has 1 saturated heterocycles. The topological polar surface area (TPSA) is 66.8 Å². The van der Waals surface area contributed by atoms with Crippen LogP contribution in [0.15, 0.2) is 11.1 Å². The highest BCUT2D eigenvalue weighted by Gasteiger charge is 2.62. The van der Waals surface area contributed by atoms with Crippen LogP contribution >= 0.6 is 0 Å². The van der Waals surface area contributed by atoms with Crippen LogP contribution in [0, 0.1) is 11.3 Å². The molecule has 0 aromatic rings. The summed E-state index contributed by atoms with van der Waals surface area (Å²) < 4.78 is 5.48. The van der Waals surface area contributed by atoms with Crippen molar-refractivity contribution in [3.8, 4) is 0 Å².